The van der Waals surface area contributed by atoms with Crippen molar-refractivity contribution in [2.24, 2.45) is 5.73 Å². The van der Waals surface area contributed by atoms with Crippen LogP contribution >= 0.6 is 0 Å². The summed E-state index contributed by atoms with van der Waals surface area (Å²) in [6.07, 6.45) is 7.81. The van der Waals surface area contributed by atoms with E-state index in [1.54, 1.807) is 7.11 Å². The molecule has 3 nitrogen and oxygen atoms in total. The Hall–Kier alpha value is -0.410. The number of carbonyl (C=O) groups is 1. The number of hydrogen-bond donors (Lipinski definition) is 1. The Balaban J connectivity index is 3.30. The molecule has 0 aliphatic rings. The zero-order valence-corrected chi connectivity index (χ0v) is 10.1. The summed E-state index contributed by atoms with van der Waals surface area (Å²) in [5.74, 6) is 0.132. The number of carbonyl (C=O) groups excluding carboxylic acids is 1. The Morgan fingerprint density at radius 1 is 1.20 bits per heavy atom. The molecule has 0 fully saturated rings. The summed E-state index contributed by atoms with van der Waals surface area (Å²) >= 11 is 0. The van der Waals surface area contributed by atoms with Crippen LogP contribution in [0, 0.1) is 0 Å². The van der Waals surface area contributed by atoms with Gasteiger partial charge < -0.3 is 10.5 Å². The molecule has 0 aromatic rings. The van der Waals surface area contributed by atoms with Gasteiger partial charge in [0.15, 0.2) is 5.78 Å². The Labute approximate surface area is 93.4 Å². The highest BCUT2D eigenvalue weighted by Crippen LogP contribution is 2.07. The Morgan fingerprint density at radius 3 is 2.40 bits per heavy atom. The molecule has 0 radical (unpaired) electrons. The molecule has 15 heavy (non-hydrogen) atoms. The smallest absolute Gasteiger partial charge is 0.151 e. The lowest BCUT2D eigenvalue weighted by Gasteiger charge is -2.08. The summed E-state index contributed by atoms with van der Waals surface area (Å²) in [5, 5.41) is 0. The van der Waals surface area contributed by atoms with Gasteiger partial charge in [-0.3, -0.25) is 4.79 Å². The topological polar surface area (TPSA) is 52.3 Å². The first-order chi connectivity index (χ1) is 7.22. The van der Waals surface area contributed by atoms with Crippen molar-refractivity contribution in [2.75, 3.05) is 13.7 Å². The van der Waals surface area contributed by atoms with E-state index in [9.17, 15) is 4.79 Å². The first-order valence-electron chi connectivity index (χ1n) is 5.99. The van der Waals surface area contributed by atoms with E-state index >= 15 is 0 Å². The average molecular weight is 215 g/mol. The van der Waals surface area contributed by atoms with Crippen molar-refractivity contribution >= 4 is 5.78 Å². The van der Waals surface area contributed by atoms with Gasteiger partial charge in [-0.15, -0.1) is 0 Å². The van der Waals surface area contributed by atoms with Crippen molar-refractivity contribution in [3.05, 3.63) is 0 Å². The van der Waals surface area contributed by atoms with Crippen molar-refractivity contribution < 1.29 is 9.53 Å². The van der Waals surface area contributed by atoms with Crippen LogP contribution in [-0.4, -0.2) is 25.5 Å². The van der Waals surface area contributed by atoms with Crippen LogP contribution in [0.1, 0.15) is 51.9 Å². The first kappa shape index (κ1) is 14.6. The molecule has 90 valence electrons. The van der Waals surface area contributed by atoms with Crippen molar-refractivity contribution in [3.63, 3.8) is 0 Å². The van der Waals surface area contributed by atoms with Crippen LogP contribution in [0.3, 0.4) is 0 Å². The fraction of sp³-hybridized carbons (Fsp3) is 0.917. The lowest BCUT2D eigenvalue weighted by Crippen LogP contribution is -2.34. The molecule has 0 saturated carbocycles. The maximum atomic E-state index is 11.4. The van der Waals surface area contributed by atoms with Crippen LogP contribution in [0.15, 0.2) is 0 Å². The summed E-state index contributed by atoms with van der Waals surface area (Å²) in [6, 6.07) is -0.425. The number of unbranched alkanes of at least 4 members (excludes halogenated alkanes) is 5. The molecular weight excluding hydrogens is 190 g/mol. The summed E-state index contributed by atoms with van der Waals surface area (Å²) in [4.78, 5) is 11.4. The zero-order valence-electron chi connectivity index (χ0n) is 10.1. The van der Waals surface area contributed by atoms with E-state index < -0.39 is 6.04 Å². The van der Waals surface area contributed by atoms with Gasteiger partial charge in [0.25, 0.3) is 0 Å². The lowest BCUT2D eigenvalue weighted by atomic mass is 10.0. The third kappa shape index (κ3) is 8.58. The second kappa shape index (κ2) is 10.1. The van der Waals surface area contributed by atoms with Crippen molar-refractivity contribution in [1.82, 2.24) is 0 Å². The number of nitrogens with two attached hydrogens (primary N) is 1. The minimum Gasteiger partial charge on any atom is -0.383 e. The van der Waals surface area contributed by atoms with Gasteiger partial charge in [-0.25, -0.2) is 0 Å². The molecule has 3 heteroatoms. The summed E-state index contributed by atoms with van der Waals surface area (Å²) < 4.78 is 4.84. The highest BCUT2D eigenvalue weighted by Gasteiger charge is 2.11. The third-order valence-electron chi connectivity index (χ3n) is 2.54. The van der Waals surface area contributed by atoms with Crippen LogP contribution in [0.25, 0.3) is 0 Å². The van der Waals surface area contributed by atoms with Gasteiger partial charge in [-0.1, -0.05) is 39.0 Å². The van der Waals surface area contributed by atoms with Crippen LogP contribution < -0.4 is 5.73 Å². The normalized spacial score (nSPS) is 12.7. The third-order valence-corrected chi connectivity index (χ3v) is 2.54. The molecule has 0 amide bonds. The van der Waals surface area contributed by atoms with Crippen LogP contribution in [0.5, 0.6) is 0 Å². The molecule has 0 bridgehead atoms. The molecule has 0 rings (SSSR count). The maximum Gasteiger partial charge on any atom is 0.151 e. The van der Waals surface area contributed by atoms with E-state index in [0.717, 1.165) is 12.8 Å². The fourth-order valence-electron chi connectivity index (χ4n) is 1.54. The molecule has 0 aliphatic carbocycles. The van der Waals surface area contributed by atoms with E-state index in [-0.39, 0.29) is 5.78 Å². The van der Waals surface area contributed by atoms with Gasteiger partial charge in [0, 0.05) is 13.5 Å². The number of hydrogen-bond acceptors (Lipinski definition) is 3. The fourth-order valence-corrected chi connectivity index (χ4v) is 1.54. The second-order valence-electron chi connectivity index (χ2n) is 4.05. The molecule has 0 aromatic heterocycles. The Morgan fingerprint density at radius 2 is 1.80 bits per heavy atom. The Kier molecular flexibility index (Phi) is 9.84. The number of ketones is 1. The van der Waals surface area contributed by atoms with Gasteiger partial charge in [-0.2, -0.15) is 0 Å². The molecule has 0 aliphatic heterocycles. The highest BCUT2D eigenvalue weighted by atomic mass is 16.5. The molecule has 0 saturated heterocycles. The predicted molar refractivity (Wildman–Crippen MR) is 62.9 cm³/mol. The van der Waals surface area contributed by atoms with Gasteiger partial charge in [0.2, 0.25) is 0 Å². The quantitative estimate of drug-likeness (QED) is 0.569. The Bertz CT molecular complexity index is 160. The monoisotopic (exact) mass is 215 g/mol. The number of rotatable bonds is 10. The standard InChI is InChI=1S/C12H25NO2/c1-3-4-5-6-7-8-9-12(14)11(13)10-15-2/h11H,3-10,13H2,1-2H3. The van der Waals surface area contributed by atoms with Gasteiger partial charge >= 0.3 is 0 Å². The lowest BCUT2D eigenvalue weighted by molar-refractivity contribution is -0.121. The summed E-state index contributed by atoms with van der Waals surface area (Å²) in [7, 11) is 1.57. The second-order valence-corrected chi connectivity index (χ2v) is 4.05. The largest absolute Gasteiger partial charge is 0.383 e. The minimum atomic E-state index is -0.425. The molecule has 1 unspecified atom stereocenters. The molecule has 2 N–H and O–H groups in total. The van der Waals surface area contributed by atoms with E-state index in [1.165, 1.54) is 25.7 Å². The number of methoxy groups -OCH3 is 1. The van der Waals surface area contributed by atoms with Gasteiger partial charge in [0.05, 0.1) is 12.6 Å². The maximum absolute atomic E-state index is 11.4. The highest BCUT2D eigenvalue weighted by molar-refractivity contribution is 5.83. The van der Waals surface area contributed by atoms with Gasteiger partial charge in [-0.05, 0) is 6.42 Å². The van der Waals surface area contributed by atoms with Crippen LogP contribution in [0.4, 0.5) is 0 Å². The molecule has 0 spiro atoms. The van der Waals surface area contributed by atoms with Crippen molar-refractivity contribution in [1.29, 1.82) is 0 Å². The van der Waals surface area contributed by atoms with E-state index in [4.69, 9.17) is 10.5 Å². The predicted octanol–water partition coefficient (Wildman–Crippen LogP) is 2.28. The van der Waals surface area contributed by atoms with E-state index in [0.29, 0.717) is 13.0 Å². The van der Waals surface area contributed by atoms with Gasteiger partial charge in [0.1, 0.15) is 0 Å². The minimum absolute atomic E-state index is 0.132. The summed E-state index contributed by atoms with van der Waals surface area (Å²) in [6.45, 7) is 2.54. The van der Waals surface area contributed by atoms with E-state index in [1.807, 2.05) is 0 Å². The SMILES string of the molecule is CCCCCCCCC(=O)C(N)COC. The summed E-state index contributed by atoms with van der Waals surface area (Å²) in [5.41, 5.74) is 5.62. The number of Topliss-reactive ketones (excluding diaryl/α,β-unsaturated/α-hetero) is 1. The molecule has 0 heterocycles. The van der Waals surface area contributed by atoms with Crippen LogP contribution in [-0.2, 0) is 9.53 Å². The van der Waals surface area contributed by atoms with Crippen LogP contribution in [0.2, 0.25) is 0 Å². The zero-order chi connectivity index (χ0) is 11.5. The average Bonchev–Trinajstić information content (AvgIpc) is 2.23. The van der Waals surface area contributed by atoms with Crippen molar-refractivity contribution in [2.45, 2.75) is 57.9 Å². The molecular formula is C12H25NO2. The molecule has 0 aromatic carbocycles. The van der Waals surface area contributed by atoms with E-state index in [2.05, 4.69) is 6.92 Å². The first-order valence-corrected chi connectivity index (χ1v) is 5.99. The van der Waals surface area contributed by atoms with Crippen molar-refractivity contribution in [3.8, 4) is 0 Å². The number of ether oxygens (including phenoxy) is 1. The molecule has 1 atom stereocenters.